The Morgan fingerprint density at radius 3 is 2.11 bits per heavy atom. The molecule has 15 heteroatoms. The lowest BCUT2D eigenvalue weighted by molar-refractivity contribution is -0.137. The molecule has 0 aliphatic carbocycles. The van der Waals surface area contributed by atoms with Crippen molar-refractivity contribution in [3.8, 4) is 5.75 Å². The molecule has 0 fully saturated rings. The van der Waals surface area contributed by atoms with Crippen LogP contribution in [0.5, 0.6) is 5.75 Å². The molecule has 0 radical (unpaired) electrons. The molecule has 2 aromatic carbocycles. The number of amides is 2. The third-order valence-corrected chi connectivity index (χ3v) is 6.72. The summed E-state index contributed by atoms with van der Waals surface area (Å²) >= 11 is 0. The van der Waals surface area contributed by atoms with E-state index in [0.29, 0.717) is 5.56 Å². The molecule has 0 saturated heterocycles. The maximum Gasteiger partial charge on any atom is 0.408 e. The van der Waals surface area contributed by atoms with Gasteiger partial charge in [-0.15, -0.1) is 0 Å². The van der Waals surface area contributed by atoms with Crippen LogP contribution >= 0.6 is 0 Å². The van der Waals surface area contributed by atoms with Crippen molar-refractivity contribution in [3.63, 3.8) is 0 Å². The Morgan fingerprint density at radius 2 is 1.53 bits per heavy atom. The van der Waals surface area contributed by atoms with Crippen LogP contribution in [0.15, 0.2) is 34.1 Å². The van der Waals surface area contributed by atoms with Gasteiger partial charge in [-0.05, 0) is 24.1 Å². The number of hydrogen-bond donors (Lipinski definition) is 2. The molecule has 36 heavy (non-hydrogen) atoms. The van der Waals surface area contributed by atoms with Crippen LogP contribution < -0.4 is 15.8 Å². The molecule has 3 rings (SSSR count). The lowest BCUT2D eigenvalue weighted by Crippen LogP contribution is -2.44. The van der Waals surface area contributed by atoms with Crippen molar-refractivity contribution in [1.82, 2.24) is 5.32 Å². The van der Waals surface area contributed by atoms with Crippen LogP contribution in [0, 0.1) is 29.1 Å². The number of esters is 1. The van der Waals surface area contributed by atoms with Gasteiger partial charge < -0.3 is 20.5 Å². The third-order valence-electron chi connectivity index (χ3n) is 4.84. The quantitative estimate of drug-likeness (QED) is 0.174. The number of ether oxygens (including phenoxy) is 2. The molecule has 3 N–H and O–H groups in total. The van der Waals surface area contributed by atoms with Crippen molar-refractivity contribution in [1.29, 1.82) is 0 Å². The SMILES string of the molecule is NC(=O)CC[C@H](NC(=O)OCC1=Cc2ccccc2S1(=O)=O)C(=O)Oc1c(F)c(F)c(F)c(F)c1F. The highest BCUT2D eigenvalue weighted by Gasteiger charge is 2.33. The van der Waals surface area contributed by atoms with Crippen LogP contribution in [0.4, 0.5) is 26.7 Å². The van der Waals surface area contributed by atoms with Crippen molar-refractivity contribution < 1.29 is 54.2 Å². The predicted molar refractivity (Wildman–Crippen MR) is 110 cm³/mol. The molecule has 1 heterocycles. The maximum atomic E-state index is 13.8. The van der Waals surface area contributed by atoms with Crippen LogP contribution in [-0.4, -0.2) is 39.0 Å². The standard InChI is InChI=1S/C21H15F5N2O7S/c22-14-15(23)17(25)19(18(26)16(14)24)35-20(30)11(5-6-13(27)29)28-21(31)34-8-10-7-9-3-1-2-4-12(9)36(10,32)33/h1-4,7,11H,5-6,8H2,(H2,27,29)(H,28,31)/t11-/m0/s1. The van der Waals surface area contributed by atoms with E-state index in [0.717, 1.165) is 0 Å². The summed E-state index contributed by atoms with van der Waals surface area (Å²) in [5.41, 5.74) is 5.32. The maximum absolute atomic E-state index is 13.8. The first-order valence-electron chi connectivity index (χ1n) is 9.84. The Bertz CT molecular complexity index is 1370. The predicted octanol–water partition coefficient (Wildman–Crippen LogP) is 2.48. The fourth-order valence-electron chi connectivity index (χ4n) is 3.06. The Labute approximate surface area is 199 Å². The van der Waals surface area contributed by atoms with Gasteiger partial charge in [0.2, 0.25) is 50.6 Å². The van der Waals surface area contributed by atoms with Gasteiger partial charge in [-0.1, -0.05) is 18.2 Å². The van der Waals surface area contributed by atoms with E-state index in [-0.39, 0.29) is 9.80 Å². The molecule has 1 aliphatic heterocycles. The minimum atomic E-state index is -3.95. The average molecular weight is 534 g/mol. The van der Waals surface area contributed by atoms with E-state index < -0.39 is 88.1 Å². The zero-order valence-corrected chi connectivity index (χ0v) is 18.6. The van der Waals surface area contributed by atoms with Crippen molar-refractivity contribution in [2.24, 2.45) is 5.73 Å². The van der Waals surface area contributed by atoms with Crippen molar-refractivity contribution in [2.75, 3.05) is 6.61 Å². The minimum Gasteiger partial charge on any atom is -0.444 e. The Morgan fingerprint density at radius 1 is 0.944 bits per heavy atom. The van der Waals surface area contributed by atoms with E-state index in [1.165, 1.54) is 24.3 Å². The lowest BCUT2D eigenvalue weighted by atomic mass is 10.1. The number of carbonyl (C=O) groups is 3. The number of nitrogens with two attached hydrogens (primary N) is 1. The van der Waals surface area contributed by atoms with E-state index in [4.69, 9.17) is 10.5 Å². The molecule has 0 spiro atoms. The smallest absolute Gasteiger partial charge is 0.408 e. The van der Waals surface area contributed by atoms with Gasteiger partial charge in [0, 0.05) is 6.42 Å². The van der Waals surface area contributed by atoms with Gasteiger partial charge in [0.25, 0.3) is 0 Å². The molecule has 1 atom stereocenters. The second kappa shape index (κ2) is 10.3. The highest BCUT2D eigenvalue weighted by atomic mass is 32.2. The summed E-state index contributed by atoms with van der Waals surface area (Å²) in [7, 11) is -3.95. The number of fused-ring (bicyclic) bond motifs is 1. The molecule has 192 valence electrons. The first-order chi connectivity index (χ1) is 16.8. The van der Waals surface area contributed by atoms with Crippen molar-refractivity contribution >= 4 is 33.9 Å². The number of primary amides is 1. The van der Waals surface area contributed by atoms with E-state index in [2.05, 4.69) is 4.74 Å². The normalized spacial score (nSPS) is 14.4. The molecule has 0 aromatic heterocycles. The number of carbonyl (C=O) groups excluding carboxylic acids is 3. The van der Waals surface area contributed by atoms with E-state index in [1.807, 2.05) is 5.32 Å². The van der Waals surface area contributed by atoms with Crippen molar-refractivity contribution in [2.45, 2.75) is 23.8 Å². The summed E-state index contributed by atoms with van der Waals surface area (Å²) in [6.45, 7) is -0.780. The number of sulfone groups is 1. The molecule has 0 bridgehead atoms. The summed E-state index contributed by atoms with van der Waals surface area (Å²) < 4.78 is 102. The molecular formula is C21H15F5N2O7S. The number of alkyl carbamates (subject to hydrolysis) is 1. The minimum absolute atomic E-state index is 0.0188. The molecule has 1 aliphatic rings. The Kier molecular flexibility index (Phi) is 7.62. The van der Waals surface area contributed by atoms with Gasteiger partial charge in [-0.2, -0.15) is 8.78 Å². The zero-order valence-electron chi connectivity index (χ0n) is 17.8. The van der Waals surface area contributed by atoms with Crippen LogP contribution in [0.3, 0.4) is 0 Å². The van der Waals surface area contributed by atoms with Gasteiger partial charge in [0.15, 0.2) is 0 Å². The fourth-order valence-corrected chi connectivity index (χ4v) is 4.53. The van der Waals surface area contributed by atoms with Gasteiger partial charge in [0.05, 0.1) is 9.80 Å². The average Bonchev–Trinajstić information content (AvgIpc) is 3.10. The molecule has 9 nitrogen and oxygen atoms in total. The zero-order chi connectivity index (χ0) is 26.8. The molecule has 0 saturated carbocycles. The van der Waals surface area contributed by atoms with Gasteiger partial charge in [0.1, 0.15) is 12.6 Å². The molecule has 2 amide bonds. The number of halogens is 5. The topological polar surface area (TPSA) is 142 Å². The second-order valence-electron chi connectivity index (χ2n) is 7.25. The molecule has 0 unspecified atom stereocenters. The van der Waals surface area contributed by atoms with E-state index in [9.17, 15) is 44.8 Å². The number of benzene rings is 2. The molecular weight excluding hydrogens is 519 g/mol. The third kappa shape index (κ3) is 5.30. The number of hydrogen-bond acceptors (Lipinski definition) is 7. The lowest BCUT2D eigenvalue weighted by Gasteiger charge is -2.18. The summed E-state index contributed by atoms with van der Waals surface area (Å²) in [5.74, 6) is -16.8. The fraction of sp³-hybridized carbons (Fsp3) is 0.190. The van der Waals surface area contributed by atoms with Gasteiger partial charge in [-0.3, -0.25) is 4.79 Å². The van der Waals surface area contributed by atoms with E-state index >= 15 is 0 Å². The van der Waals surface area contributed by atoms with E-state index in [1.54, 1.807) is 6.07 Å². The Balaban J connectivity index is 1.73. The molecule has 2 aromatic rings. The van der Waals surface area contributed by atoms with Gasteiger partial charge in [-0.25, -0.2) is 31.2 Å². The first kappa shape index (κ1) is 26.6. The highest BCUT2D eigenvalue weighted by molar-refractivity contribution is 7.95. The second-order valence-corrected chi connectivity index (χ2v) is 9.22. The highest BCUT2D eigenvalue weighted by Crippen LogP contribution is 2.32. The first-order valence-corrected chi connectivity index (χ1v) is 11.3. The monoisotopic (exact) mass is 534 g/mol. The van der Waals surface area contributed by atoms with Crippen LogP contribution in [0.1, 0.15) is 18.4 Å². The van der Waals surface area contributed by atoms with Crippen LogP contribution in [-0.2, 0) is 24.2 Å². The summed E-state index contributed by atoms with van der Waals surface area (Å²) in [4.78, 5) is 35.3. The van der Waals surface area contributed by atoms with Gasteiger partial charge >= 0.3 is 12.1 Å². The van der Waals surface area contributed by atoms with Crippen LogP contribution in [0.25, 0.3) is 6.08 Å². The number of rotatable bonds is 8. The largest absolute Gasteiger partial charge is 0.444 e. The summed E-state index contributed by atoms with van der Waals surface area (Å²) in [5, 5.41) is 1.87. The summed E-state index contributed by atoms with van der Waals surface area (Å²) in [6, 6.07) is 4.01. The summed E-state index contributed by atoms with van der Waals surface area (Å²) in [6.07, 6.45) is -1.37. The van der Waals surface area contributed by atoms with Crippen molar-refractivity contribution in [3.05, 3.63) is 63.8 Å². The Hall–Kier alpha value is -4.01. The number of nitrogens with one attached hydrogen (secondary N) is 1. The van der Waals surface area contributed by atoms with Crippen LogP contribution in [0.2, 0.25) is 0 Å².